The number of nitrogens with one attached hydrogen (secondary N) is 2. The molecule has 2 aliphatic rings. The van der Waals surface area contributed by atoms with Crippen LogP contribution in [0.4, 0.5) is 9.59 Å². The first-order chi connectivity index (χ1) is 19.7. The van der Waals surface area contributed by atoms with Crippen LogP contribution in [0, 0.1) is 25.7 Å². The number of ether oxygens (including phenoxy) is 3. The van der Waals surface area contributed by atoms with E-state index in [1.165, 1.54) is 43.3 Å². The molecule has 42 heavy (non-hydrogen) atoms. The fourth-order valence-corrected chi connectivity index (χ4v) is 6.55. The summed E-state index contributed by atoms with van der Waals surface area (Å²) < 4.78 is 70.7. The van der Waals surface area contributed by atoms with Gasteiger partial charge < -0.3 is 14.2 Å². The highest BCUT2D eigenvalue weighted by atomic mass is 32.2. The number of esters is 1. The third-order valence-electron chi connectivity index (χ3n) is 6.79. The van der Waals surface area contributed by atoms with Gasteiger partial charge in [-0.2, -0.15) is 0 Å². The average Bonchev–Trinajstić information content (AvgIpc) is 2.89. The normalized spacial score (nSPS) is 23.3. The summed E-state index contributed by atoms with van der Waals surface area (Å²) in [5, 5.41) is 0. The van der Waals surface area contributed by atoms with Crippen LogP contribution in [0.1, 0.15) is 24.5 Å². The summed E-state index contributed by atoms with van der Waals surface area (Å²) in [5.41, 5.74) is 1.66. The van der Waals surface area contributed by atoms with Crippen molar-refractivity contribution in [2.75, 3.05) is 0 Å². The van der Waals surface area contributed by atoms with E-state index in [9.17, 15) is 31.2 Å². The molecule has 0 aliphatic heterocycles. The number of carbonyl (C=O) groups excluding carboxylic acids is 3. The van der Waals surface area contributed by atoms with E-state index < -0.39 is 68.4 Å². The lowest BCUT2D eigenvalue weighted by Crippen LogP contribution is -2.50. The molecule has 14 heteroatoms. The molecule has 2 aliphatic carbocycles. The molecule has 0 aromatic heterocycles. The fraction of sp³-hybridized carbons (Fsp3) is 0.321. The molecular formula is C28H30N2O10S2. The van der Waals surface area contributed by atoms with Crippen LogP contribution in [0.3, 0.4) is 0 Å². The van der Waals surface area contributed by atoms with E-state index in [2.05, 4.69) is 0 Å². The summed E-state index contributed by atoms with van der Waals surface area (Å²) in [7, 11) is -8.46. The summed E-state index contributed by atoms with van der Waals surface area (Å²) in [6.45, 7) is 4.77. The molecule has 0 radical (unpaired) electrons. The Morgan fingerprint density at radius 3 is 1.57 bits per heavy atom. The number of benzene rings is 2. The van der Waals surface area contributed by atoms with Gasteiger partial charge in [0.1, 0.15) is 18.3 Å². The Labute approximate surface area is 243 Å². The molecule has 0 saturated heterocycles. The van der Waals surface area contributed by atoms with Crippen LogP contribution in [-0.2, 0) is 39.1 Å². The summed E-state index contributed by atoms with van der Waals surface area (Å²) >= 11 is 0. The smallest absolute Gasteiger partial charge is 0.421 e. The van der Waals surface area contributed by atoms with Crippen LogP contribution in [0.15, 0.2) is 82.6 Å². The number of fused-ring (bicyclic) bond motifs is 1. The maximum Gasteiger partial charge on any atom is 0.421 e. The van der Waals surface area contributed by atoms with Crippen molar-refractivity contribution in [3.05, 3.63) is 84.0 Å². The molecule has 0 heterocycles. The Hall–Kier alpha value is -4.17. The fourth-order valence-electron chi connectivity index (χ4n) is 4.79. The summed E-state index contributed by atoms with van der Waals surface area (Å²) in [4.78, 5) is 36.9. The van der Waals surface area contributed by atoms with Gasteiger partial charge in [0.15, 0.2) is 0 Å². The first-order valence-electron chi connectivity index (χ1n) is 12.9. The predicted molar refractivity (Wildman–Crippen MR) is 149 cm³/mol. The van der Waals surface area contributed by atoms with Gasteiger partial charge in [-0.25, -0.2) is 35.9 Å². The zero-order valence-electron chi connectivity index (χ0n) is 22.9. The third kappa shape index (κ3) is 7.36. The molecule has 0 saturated carbocycles. The average molecular weight is 619 g/mol. The van der Waals surface area contributed by atoms with Crippen LogP contribution in [-0.4, -0.2) is 53.3 Å². The van der Waals surface area contributed by atoms with Crippen molar-refractivity contribution in [2.24, 2.45) is 11.8 Å². The summed E-state index contributed by atoms with van der Waals surface area (Å²) in [6, 6.07) is 11.7. The van der Waals surface area contributed by atoms with E-state index in [0.29, 0.717) is 6.42 Å². The van der Waals surface area contributed by atoms with Crippen LogP contribution < -0.4 is 9.44 Å². The van der Waals surface area contributed by atoms with Crippen molar-refractivity contribution in [3.63, 3.8) is 0 Å². The monoisotopic (exact) mass is 618 g/mol. The van der Waals surface area contributed by atoms with Crippen LogP contribution >= 0.6 is 0 Å². The summed E-state index contributed by atoms with van der Waals surface area (Å²) in [6.07, 6.45) is 0.883. The molecule has 4 rings (SSSR count). The van der Waals surface area contributed by atoms with Gasteiger partial charge in [-0.1, -0.05) is 41.5 Å². The second-order valence-corrected chi connectivity index (χ2v) is 13.3. The zero-order valence-corrected chi connectivity index (χ0v) is 24.6. The SMILES string of the molecule is CC(=O)O[C@@H]1C=CC[C@H]2[C@H]1[C@@H](OC(=O)NS(=O)(=O)c1ccc(C)cc1)C=C[C@H]2OC(=O)NS(=O)(=O)c1ccc(C)cc1. The highest BCUT2D eigenvalue weighted by Gasteiger charge is 2.46. The van der Waals surface area contributed by atoms with E-state index >= 15 is 0 Å². The molecule has 2 amide bonds. The van der Waals surface area contributed by atoms with Crippen molar-refractivity contribution in [1.29, 1.82) is 0 Å². The number of rotatable bonds is 7. The number of amides is 2. The number of hydrogen-bond donors (Lipinski definition) is 2. The second kappa shape index (κ2) is 12.4. The molecular weight excluding hydrogens is 588 g/mol. The number of allylic oxidation sites excluding steroid dienone is 1. The lowest BCUT2D eigenvalue weighted by molar-refractivity contribution is -0.151. The molecule has 0 spiro atoms. The van der Waals surface area contributed by atoms with E-state index in [1.54, 1.807) is 50.3 Å². The van der Waals surface area contributed by atoms with Crippen LogP contribution in [0.2, 0.25) is 0 Å². The van der Waals surface area contributed by atoms with Gasteiger partial charge in [0.2, 0.25) is 0 Å². The number of sulfonamides is 2. The van der Waals surface area contributed by atoms with Crippen LogP contribution in [0.25, 0.3) is 0 Å². The van der Waals surface area contributed by atoms with Gasteiger partial charge in [-0.3, -0.25) is 4.79 Å². The minimum Gasteiger partial charge on any atom is -0.458 e. The van der Waals surface area contributed by atoms with Gasteiger partial charge in [-0.15, -0.1) is 0 Å². The Morgan fingerprint density at radius 1 is 0.667 bits per heavy atom. The van der Waals surface area contributed by atoms with Crippen molar-refractivity contribution < 1.29 is 45.4 Å². The topological polar surface area (TPSA) is 171 Å². The minimum atomic E-state index is -4.24. The minimum absolute atomic E-state index is 0.127. The Balaban J connectivity index is 1.51. The molecule has 2 aromatic rings. The molecule has 0 unspecified atom stereocenters. The van der Waals surface area contributed by atoms with Crippen molar-refractivity contribution in [1.82, 2.24) is 9.44 Å². The predicted octanol–water partition coefficient (Wildman–Crippen LogP) is 3.26. The molecule has 12 nitrogen and oxygen atoms in total. The van der Waals surface area contributed by atoms with E-state index in [4.69, 9.17) is 14.2 Å². The van der Waals surface area contributed by atoms with Crippen molar-refractivity contribution in [2.45, 2.75) is 55.3 Å². The standard InChI is InChI=1S/C28H30N2O10S2/c1-17-7-11-20(12-8-17)41(34,35)29-27(32)39-23-15-16-25(26-22(23)5-4-6-24(26)38-19(3)31)40-28(33)30-42(36,37)21-13-9-18(2)10-14-21/h4,6-16,22-26H,5H2,1-3H3,(H,29,32)(H,30,33)/t22-,23-,24-,25+,26-/m1/s1. The Bertz CT molecular complexity index is 1620. The number of carbonyl (C=O) groups is 3. The van der Waals surface area contributed by atoms with Gasteiger partial charge in [0, 0.05) is 18.8 Å². The van der Waals surface area contributed by atoms with E-state index in [-0.39, 0.29) is 9.79 Å². The lowest BCUT2D eigenvalue weighted by atomic mass is 9.71. The number of hydrogen-bond acceptors (Lipinski definition) is 10. The van der Waals surface area contributed by atoms with Crippen molar-refractivity contribution in [3.8, 4) is 0 Å². The second-order valence-electron chi connectivity index (χ2n) is 9.94. The first-order valence-corrected chi connectivity index (χ1v) is 15.8. The quantitative estimate of drug-likeness (QED) is 0.267. The van der Waals surface area contributed by atoms with E-state index in [1.807, 2.05) is 9.44 Å². The van der Waals surface area contributed by atoms with Crippen LogP contribution in [0.5, 0.6) is 0 Å². The summed E-state index contributed by atoms with van der Waals surface area (Å²) in [5.74, 6) is -2.03. The van der Waals surface area contributed by atoms with Gasteiger partial charge >= 0.3 is 18.2 Å². The maximum atomic E-state index is 12.7. The highest BCUT2D eigenvalue weighted by Crippen LogP contribution is 2.39. The highest BCUT2D eigenvalue weighted by molar-refractivity contribution is 7.90. The maximum absolute atomic E-state index is 12.7. The molecule has 5 atom stereocenters. The van der Waals surface area contributed by atoms with Crippen molar-refractivity contribution >= 4 is 38.2 Å². The molecule has 2 aromatic carbocycles. The van der Waals surface area contributed by atoms with E-state index in [0.717, 1.165) is 11.1 Å². The third-order valence-corrected chi connectivity index (χ3v) is 9.44. The Kier molecular flexibility index (Phi) is 9.06. The van der Waals surface area contributed by atoms with Gasteiger partial charge in [0.05, 0.1) is 9.79 Å². The Morgan fingerprint density at radius 2 is 1.10 bits per heavy atom. The molecule has 2 N–H and O–H groups in total. The number of aryl methyl sites for hydroxylation is 2. The first kappa shape index (κ1) is 30.8. The molecule has 0 bridgehead atoms. The van der Waals surface area contributed by atoms with Gasteiger partial charge in [0.25, 0.3) is 20.0 Å². The molecule has 0 fully saturated rings. The molecule has 224 valence electrons. The zero-order chi connectivity index (χ0) is 30.7. The largest absolute Gasteiger partial charge is 0.458 e. The van der Waals surface area contributed by atoms with Gasteiger partial charge in [-0.05, 0) is 62.8 Å². The lowest BCUT2D eigenvalue weighted by Gasteiger charge is -2.42.